The molecular weight excluding hydrogens is 176 g/mol. The second kappa shape index (κ2) is 5.68. The zero-order valence-corrected chi connectivity index (χ0v) is 9.18. The molecule has 0 aliphatic rings. The quantitative estimate of drug-likeness (QED) is 0.745. The average Bonchev–Trinajstić information content (AvgIpc) is 2.52. The monoisotopic (exact) mass is 196 g/mol. The van der Waals surface area contributed by atoms with Gasteiger partial charge >= 0.3 is 0 Å². The number of aromatic amines is 1. The summed E-state index contributed by atoms with van der Waals surface area (Å²) in [7, 11) is 0. The third-order valence-electron chi connectivity index (χ3n) is 2.41. The molecule has 1 aromatic heterocycles. The molecule has 0 spiro atoms. The molecule has 3 heteroatoms. The summed E-state index contributed by atoms with van der Waals surface area (Å²) >= 11 is 0. The molecule has 0 saturated carbocycles. The summed E-state index contributed by atoms with van der Waals surface area (Å²) in [4.78, 5) is 11.2. The van der Waals surface area contributed by atoms with Gasteiger partial charge in [-0.1, -0.05) is 26.7 Å². The molecule has 80 valence electrons. The van der Waals surface area contributed by atoms with Crippen LogP contribution in [0.25, 0.3) is 0 Å². The Balaban J connectivity index is 2.64. The van der Waals surface area contributed by atoms with Crippen LogP contribution in [0.5, 0.6) is 0 Å². The van der Waals surface area contributed by atoms with Gasteiger partial charge in [0.05, 0.1) is 0 Å². The Kier molecular flexibility index (Phi) is 4.50. The van der Waals surface area contributed by atoms with E-state index in [1.54, 1.807) is 6.07 Å². The summed E-state index contributed by atoms with van der Waals surface area (Å²) in [5.74, 6) is 0. The minimum atomic E-state index is 0.0345. The molecule has 0 aliphatic carbocycles. The predicted octanol–water partition coefficient (Wildman–Crippen LogP) is 2.32. The van der Waals surface area contributed by atoms with Crippen molar-refractivity contribution >= 4 is 0 Å². The summed E-state index contributed by atoms with van der Waals surface area (Å²) in [5.41, 5.74) is 1.19. The van der Waals surface area contributed by atoms with Crippen LogP contribution in [-0.2, 0) is 13.0 Å². The number of unbranched alkanes of at least 4 members (excludes halogenated alkanes) is 2. The minimum absolute atomic E-state index is 0.0345. The number of aromatic nitrogens is 2. The molecule has 0 bridgehead atoms. The molecule has 0 saturated heterocycles. The van der Waals surface area contributed by atoms with Crippen molar-refractivity contribution in [1.82, 2.24) is 9.78 Å². The van der Waals surface area contributed by atoms with Gasteiger partial charge in [0, 0.05) is 18.3 Å². The van der Waals surface area contributed by atoms with Crippen LogP contribution >= 0.6 is 0 Å². The van der Waals surface area contributed by atoms with E-state index in [2.05, 4.69) is 18.9 Å². The highest BCUT2D eigenvalue weighted by molar-refractivity contribution is 5.00. The van der Waals surface area contributed by atoms with Crippen molar-refractivity contribution in [2.75, 3.05) is 0 Å². The van der Waals surface area contributed by atoms with Crippen molar-refractivity contribution in [3.8, 4) is 0 Å². The van der Waals surface area contributed by atoms with Gasteiger partial charge in [-0.25, -0.2) is 0 Å². The van der Waals surface area contributed by atoms with Crippen LogP contribution in [0.15, 0.2) is 10.9 Å². The number of aryl methyl sites for hydroxylation is 2. The zero-order chi connectivity index (χ0) is 10.4. The fourth-order valence-corrected chi connectivity index (χ4v) is 1.55. The van der Waals surface area contributed by atoms with Gasteiger partial charge in [0.25, 0.3) is 5.56 Å². The lowest BCUT2D eigenvalue weighted by Gasteiger charge is -2.06. The van der Waals surface area contributed by atoms with E-state index in [0.29, 0.717) is 0 Å². The van der Waals surface area contributed by atoms with E-state index in [1.165, 1.54) is 6.42 Å². The maximum atomic E-state index is 11.2. The molecule has 0 amide bonds. The first-order chi connectivity index (χ1) is 6.77. The Hall–Kier alpha value is -0.990. The highest BCUT2D eigenvalue weighted by atomic mass is 16.1. The van der Waals surface area contributed by atoms with Crippen molar-refractivity contribution in [3.05, 3.63) is 22.1 Å². The van der Waals surface area contributed by atoms with Crippen molar-refractivity contribution in [3.63, 3.8) is 0 Å². The molecule has 3 nitrogen and oxygen atoms in total. The molecule has 14 heavy (non-hydrogen) atoms. The second-order valence-electron chi connectivity index (χ2n) is 3.72. The van der Waals surface area contributed by atoms with E-state index in [0.717, 1.165) is 37.9 Å². The average molecular weight is 196 g/mol. The minimum Gasteiger partial charge on any atom is -0.289 e. The molecule has 0 unspecified atom stereocenters. The number of H-pyrrole nitrogens is 1. The second-order valence-corrected chi connectivity index (χ2v) is 3.72. The van der Waals surface area contributed by atoms with Crippen LogP contribution in [0, 0.1) is 0 Å². The van der Waals surface area contributed by atoms with Crippen LogP contribution in [0.2, 0.25) is 0 Å². The summed E-state index contributed by atoms with van der Waals surface area (Å²) in [6.07, 6.45) is 5.63. The van der Waals surface area contributed by atoms with E-state index < -0.39 is 0 Å². The maximum Gasteiger partial charge on any atom is 0.264 e. The SMILES string of the molecule is CCCCc1cc(=O)[nH]n1CCCC. The van der Waals surface area contributed by atoms with Crippen molar-refractivity contribution < 1.29 is 0 Å². The number of hydrogen-bond acceptors (Lipinski definition) is 1. The first kappa shape index (κ1) is 11.1. The molecular formula is C11H20N2O. The van der Waals surface area contributed by atoms with E-state index in [1.807, 2.05) is 4.68 Å². The summed E-state index contributed by atoms with van der Waals surface area (Å²) in [5, 5.41) is 2.85. The maximum absolute atomic E-state index is 11.2. The Morgan fingerprint density at radius 2 is 2.00 bits per heavy atom. The van der Waals surface area contributed by atoms with Gasteiger partial charge in [-0.2, -0.15) is 0 Å². The van der Waals surface area contributed by atoms with Gasteiger partial charge in [-0.3, -0.25) is 14.6 Å². The van der Waals surface area contributed by atoms with Crippen LogP contribution in [0.4, 0.5) is 0 Å². The third-order valence-corrected chi connectivity index (χ3v) is 2.41. The Labute approximate surface area is 85.1 Å². The van der Waals surface area contributed by atoms with Gasteiger partial charge in [0.1, 0.15) is 0 Å². The number of hydrogen-bond donors (Lipinski definition) is 1. The number of nitrogens with zero attached hydrogens (tertiary/aromatic N) is 1. The lowest BCUT2D eigenvalue weighted by Crippen LogP contribution is -2.07. The Bertz CT molecular complexity index is 283. The van der Waals surface area contributed by atoms with Gasteiger partial charge in [0.2, 0.25) is 0 Å². The first-order valence-corrected chi connectivity index (χ1v) is 5.56. The number of rotatable bonds is 6. The van der Waals surface area contributed by atoms with Crippen molar-refractivity contribution in [2.45, 2.75) is 52.5 Å². The van der Waals surface area contributed by atoms with E-state index in [-0.39, 0.29) is 5.56 Å². The number of nitrogens with one attached hydrogen (secondary N) is 1. The summed E-state index contributed by atoms with van der Waals surface area (Å²) in [6.45, 7) is 5.27. The fraction of sp³-hybridized carbons (Fsp3) is 0.727. The van der Waals surface area contributed by atoms with Crippen LogP contribution in [0.1, 0.15) is 45.2 Å². The third kappa shape index (κ3) is 3.05. The van der Waals surface area contributed by atoms with Crippen LogP contribution < -0.4 is 5.56 Å². The predicted molar refractivity (Wildman–Crippen MR) is 58.6 cm³/mol. The smallest absolute Gasteiger partial charge is 0.264 e. The van der Waals surface area contributed by atoms with Gasteiger partial charge in [-0.15, -0.1) is 0 Å². The van der Waals surface area contributed by atoms with Crippen LogP contribution in [-0.4, -0.2) is 9.78 Å². The first-order valence-electron chi connectivity index (χ1n) is 5.56. The summed E-state index contributed by atoms with van der Waals surface area (Å²) in [6, 6.07) is 1.73. The molecule has 0 fully saturated rings. The molecule has 1 rings (SSSR count). The lowest BCUT2D eigenvalue weighted by molar-refractivity contribution is 0.539. The molecule has 1 aromatic rings. The molecule has 0 radical (unpaired) electrons. The largest absolute Gasteiger partial charge is 0.289 e. The lowest BCUT2D eigenvalue weighted by atomic mass is 10.2. The van der Waals surface area contributed by atoms with Crippen LogP contribution in [0.3, 0.4) is 0 Å². The fourth-order valence-electron chi connectivity index (χ4n) is 1.55. The van der Waals surface area contributed by atoms with E-state index in [9.17, 15) is 4.79 Å². The molecule has 1 N–H and O–H groups in total. The molecule has 0 aromatic carbocycles. The van der Waals surface area contributed by atoms with E-state index >= 15 is 0 Å². The van der Waals surface area contributed by atoms with Gasteiger partial charge in [-0.05, 0) is 19.3 Å². The zero-order valence-electron chi connectivity index (χ0n) is 9.18. The Morgan fingerprint density at radius 1 is 1.29 bits per heavy atom. The topological polar surface area (TPSA) is 37.8 Å². The van der Waals surface area contributed by atoms with Crippen molar-refractivity contribution in [1.29, 1.82) is 0 Å². The van der Waals surface area contributed by atoms with Gasteiger partial charge < -0.3 is 0 Å². The highest BCUT2D eigenvalue weighted by Gasteiger charge is 2.02. The van der Waals surface area contributed by atoms with Gasteiger partial charge in [0.15, 0.2) is 0 Å². The summed E-state index contributed by atoms with van der Waals surface area (Å²) < 4.78 is 2.00. The normalized spacial score (nSPS) is 10.7. The molecule has 0 aliphatic heterocycles. The van der Waals surface area contributed by atoms with E-state index in [4.69, 9.17) is 0 Å². The Morgan fingerprint density at radius 3 is 2.64 bits per heavy atom. The van der Waals surface area contributed by atoms with Crippen molar-refractivity contribution in [2.24, 2.45) is 0 Å². The molecule has 0 atom stereocenters. The highest BCUT2D eigenvalue weighted by Crippen LogP contribution is 2.03. The molecule has 1 heterocycles. The standard InChI is InChI=1S/C11H20N2O/c1-3-5-7-10-9-11(14)12-13(10)8-6-4-2/h9H,3-8H2,1-2H3,(H,12,14).